The van der Waals surface area contributed by atoms with Crippen LogP contribution >= 0.6 is 9.19 Å². The number of carbonyl (C=O) groups excluding carboxylic acids is 2. The average Bonchev–Trinajstić information content (AvgIpc) is 3.94. The molecule has 12 nitrogen and oxygen atoms in total. The SMILES string of the molecule is C.C.CC(C)(C)[O-].CN1[CH+]N(C)C(=O)C(C)(C)C1.CN1[CH+]N(C)C(=O)C(C)(C)C1.[Au].[Cl][Au].[Na+].c1ccc2c(c1)Cc1nc3ccccc3n1-2.c1ccc2c(c1)nc1[n-]c3ccccc3n12. The van der Waals surface area contributed by atoms with Crippen LogP contribution in [0.1, 0.15) is 74.7 Å². The van der Waals surface area contributed by atoms with Gasteiger partial charge in [-0.05, 0) is 51.5 Å². The van der Waals surface area contributed by atoms with E-state index in [0.717, 1.165) is 58.7 Å². The number of nitrogens with zero attached hydrogens (tertiary/aromatic N) is 9. The van der Waals surface area contributed by atoms with Gasteiger partial charge in [0.25, 0.3) is 25.2 Å². The topological polar surface area (TPSA) is 119 Å². The minimum absolute atomic E-state index is 0. The summed E-state index contributed by atoms with van der Waals surface area (Å²) in [5.41, 5.74) is 7.96. The number of hydrogen-bond acceptors (Lipinski definition) is 7. The Morgan fingerprint density at radius 3 is 1.60 bits per heavy atom. The Hall–Kier alpha value is -3.05. The molecule has 4 aromatic carbocycles. The summed E-state index contributed by atoms with van der Waals surface area (Å²) < 4.78 is 4.37. The van der Waals surface area contributed by atoms with Crippen molar-refractivity contribution in [2.45, 2.75) is 75.3 Å². The van der Waals surface area contributed by atoms with E-state index in [1.807, 2.05) is 107 Å². The molecule has 7 aromatic rings. The molecule has 10 rings (SSSR count). The molecule has 353 valence electrons. The fourth-order valence-corrected chi connectivity index (χ4v) is 7.81. The second-order valence-electron chi connectivity index (χ2n) is 17.8. The third-order valence-corrected chi connectivity index (χ3v) is 9.93. The van der Waals surface area contributed by atoms with Gasteiger partial charge in [0.05, 0.1) is 54.7 Å². The van der Waals surface area contributed by atoms with Gasteiger partial charge in [0.2, 0.25) is 0 Å². The zero-order chi connectivity index (χ0) is 44.9. The van der Waals surface area contributed by atoms with Gasteiger partial charge in [-0.15, -0.1) is 15.4 Å². The quantitative estimate of drug-likeness (QED) is 0.140. The molecular formula is C49H65Au2ClN9NaO3+. The Morgan fingerprint density at radius 2 is 1.09 bits per heavy atom. The number of imidazole rings is 3. The zero-order valence-electron chi connectivity index (χ0n) is 38.2. The van der Waals surface area contributed by atoms with Gasteiger partial charge in [-0.2, -0.15) is 9.80 Å². The monoisotopic (exact) mass is 1280 g/mol. The van der Waals surface area contributed by atoms with E-state index >= 15 is 0 Å². The maximum atomic E-state index is 11.5. The van der Waals surface area contributed by atoms with Gasteiger partial charge in [-0.1, -0.05) is 114 Å². The first kappa shape index (κ1) is 60.0. The van der Waals surface area contributed by atoms with Gasteiger partial charge >= 0.3 is 58.7 Å². The van der Waals surface area contributed by atoms with E-state index in [1.54, 1.807) is 64.7 Å². The standard InChI is InChI=1S/C14H10N2.C13H8N3.2C8H15N2O.C4H9O.2CH4.2Au.ClH.Na/c1-3-7-12-10(5-1)9-14-15-11-6-2-4-8-13(11)16(12)14;1-3-7-11-9(5-1)14-13-15-10-6-2-4-8-12(10)16(11)13;2*1-8(2)5-9(3)6-10(4)7(8)11;1-4(2,3)5;;;;;;/h1-8H,9H2;1-8H;2*6H,5H2,1-4H3;1-3H3;2*1H4;;;1H;/q;-1;2*+1;-1;;;;+1;;+1/p-1. The van der Waals surface area contributed by atoms with Crippen molar-refractivity contribution >= 4 is 59.9 Å². The minimum atomic E-state index is -0.750. The summed E-state index contributed by atoms with van der Waals surface area (Å²) in [6.45, 7) is 18.0. The van der Waals surface area contributed by atoms with Gasteiger partial charge < -0.3 is 19.5 Å². The molecule has 6 heterocycles. The molecule has 3 aromatic heterocycles. The molecule has 0 spiro atoms. The molecule has 16 heteroatoms. The van der Waals surface area contributed by atoms with Crippen LogP contribution in [0.15, 0.2) is 97.1 Å². The number of halogens is 1. The van der Waals surface area contributed by atoms with Crippen molar-refractivity contribution in [3.05, 3.63) is 122 Å². The van der Waals surface area contributed by atoms with Gasteiger partial charge in [0.1, 0.15) is 5.82 Å². The maximum Gasteiger partial charge on any atom is 1.00 e. The predicted molar refractivity (Wildman–Crippen MR) is 253 cm³/mol. The summed E-state index contributed by atoms with van der Waals surface area (Å²) >= 11 is 1.75. The Morgan fingerprint density at radius 1 is 0.677 bits per heavy atom. The molecule has 1 radical (unpaired) electrons. The van der Waals surface area contributed by atoms with E-state index in [1.165, 1.54) is 16.8 Å². The Kier molecular flexibility index (Phi) is 23.4. The van der Waals surface area contributed by atoms with Crippen molar-refractivity contribution in [1.82, 2.24) is 43.5 Å². The second-order valence-corrected chi connectivity index (χ2v) is 17.8. The summed E-state index contributed by atoms with van der Waals surface area (Å²) in [6, 6.07) is 33.1. The molecule has 2 fully saturated rings. The van der Waals surface area contributed by atoms with Crippen LogP contribution in [0, 0.1) is 24.2 Å². The van der Waals surface area contributed by atoms with E-state index in [9.17, 15) is 14.7 Å². The van der Waals surface area contributed by atoms with Crippen LogP contribution in [0.2, 0.25) is 0 Å². The third kappa shape index (κ3) is 15.0. The summed E-state index contributed by atoms with van der Waals surface area (Å²) in [7, 11) is 12.1. The molecule has 2 saturated heterocycles. The van der Waals surface area contributed by atoms with Crippen LogP contribution < -0.4 is 39.6 Å². The van der Waals surface area contributed by atoms with Crippen LogP contribution in [0.3, 0.4) is 0 Å². The van der Waals surface area contributed by atoms with Crippen LogP contribution in [0.4, 0.5) is 0 Å². The predicted octanol–water partition coefficient (Wildman–Crippen LogP) is 5.70. The molecule has 3 aliphatic heterocycles. The number of amides is 2. The molecule has 3 aliphatic rings. The van der Waals surface area contributed by atoms with Crippen molar-refractivity contribution in [2.75, 3.05) is 41.3 Å². The number of benzene rings is 4. The first-order chi connectivity index (χ1) is 28.7. The van der Waals surface area contributed by atoms with Crippen LogP contribution in [-0.4, -0.2) is 97.2 Å². The molecule has 0 aliphatic carbocycles. The van der Waals surface area contributed by atoms with Crippen molar-refractivity contribution in [2.24, 2.45) is 10.8 Å². The molecule has 2 amide bonds. The molecule has 0 unspecified atom stereocenters. The van der Waals surface area contributed by atoms with E-state index in [4.69, 9.17) is 0 Å². The van der Waals surface area contributed by atoms with E-state index in [2.05, 4.69) is 87.7 Å². The van der Waals surface area contributed by atoms with Crippen LogP contribution in [0.25, 0.3) is 44.6 Å². The number of carbonyl (C=O) groups is 2. The van der Waals surface area contributed by atoms with Gasteiger partial charge in [0.15, 0.2) is 0 Å². The van der Waals surface area contributed by atoms with Crippen LogP contribution in [-0.2, 0) is 58.4 Å². The number of rotatable bonds is 0. The van der Waals surface area contributed by atoms with E-state index in [0.29, 0.717) is 0 Å². The summed E-state index contributed by atoms with van der Waals surface area (Å²) in [4.78, 5) is 43.9. The number of hydrogen-bond donors (Lipinski definition) is 0. The van der Waals surface area contributed by atoms with E-state index in [-0.39, 0.29) is 89.4 Å². The average molecular weight is 1280 g/mol. The van der Waals surface area contributed by atoms with Crippen molar-refractivity contribution < 1.29 is 86.6 Å². The maximum absolute atomic E-state index is 11.5. The third-order valence-electron chi connectivity index (χ3n) is 9.93. The molecule has 65 heavy (non-hydrogen) atoms. The summed E-state index contributed by atoms with van der Waals surface area (Å²) in [5, 5.41) is 10.1. The second kappa shape index (κ2) is 25.4. The fraction of sp³-hybridized carbons (Fsp3) is 0.388. The summed E-state index contributed by atoms with van der Waals surface area (Å²) in [5.74, 6) is 2.32. The Balaban J connectivity index is 0.000000411. The van der Waals surface area contributed by atoms with Crippen molar-refractivity contribution in [3.63, 3.8) is 0 Å². The van der Waals surface area contributed by atoms with Gasteiger partial charge in [-0.3, -0.25) is 14.2 Å². The smallest absolute Gasteiger partial charge is 0.366 e. The largest absolute Gasteiger partial charge is 1.00 e. The molecule has 0 atom stereocenters. The van der Waals surface area contributed by atoms with Gasteiger partial charge in [0, 0.05) is 70.7 Å². The molecule has 0 N–H and O–H groups in total. The Bertz CT molecular complexity index is 2490. The molecular weight excluding hydrogens is 1210 g/mol. The van der Waals surface area contributed by atoms with Crippen LogP contribution in [0.5, 0.6) is 0 Å². The summed E-state index contributed by atoms with van der Waals surface area (Å²) in [6.07, 6.45) is 0.949. The van der Waals surface area contributed by atoms with Gasteiger partial charge in [-0.25, -0.2) is 4.98 Å². The number of fused-ring (bicyclic) bond motifs is 10. The fourth-order valence-electron chi connectivity index (χ4n) is 7.81. The Labute approximate surface area is 441 Å². The first-order valence-electron chi connectivity index (χ1n) is 20.0. The first-order valence-corrected chi connectivity index (χ1v) is 22.7. The molecule has 0 bridgehead atoms. The zero-order valence-corrected chi connectivity index (χ0v) is 45.3. The van der Waals surface area contributed by atoms with Crippen molar-refractivity contribution in [3.8, 4) is 5.69 Å². The number of para-hydroxylation sites is 7. The van der Waals surface area contributed by atoms with E-state index < -0.39 is 5.60 Å². The van der Waals surface area contributed by atoms with Crippen molar-refractivity contribution in [1.29, 1.82) is 0 Å². The normalized spacial score (nSPS) is 15.6. The minimum Gasteiger partial charge on any atom is -0.366 e. The molecule has 0 saturated carbocycles. The number of aromatic nitrogens is 5.